The molecule has 0 aliphatic heterocycles. The van der Waals surface area contributed by atoms with Gasteiger partial charge < -0.3 is 10.2 Å². The van der Waals surface area contributed by atoms with Gasteiger partial charge in [-0.25, -0.2) is 0 Å². The number of hydrogen-bond donors (Lipinski definition) is 2. The first kappa shape index (κ1) is 16.2. The van der Waals surface area contributed by atoms with Crippen LogP contribution in [-0.2, 0) is 11.3 Å². The summed E-state index contributed by atoms with van der Waals surface area (Å²) in [5.74, 6) is -0.900. The van der Waals surface area contributed by atoms with Crippen LogP contribution in [-0.4, -0.2) is 33.7 Å². The zero-order valence-electron chi connectivity index (χ0n) is 12.6. The molecular formula is C18H21NO3. The maximum absolute atomic E-state index is 11.1. The van der Waals surface area contributed by atoms with Gasteiger partial charge in [-0.2, -0.15) is 0 Å². The first-order valence-electron chi connectivity index (χ1n) is 7.30. The van der Waals surface area contributed by atoms with Crippen molar-refractivity contribution in [1.82, 2.24) is 4.90 Å². The van der Waals surface area contributed by atoms with Gasteiger partial charge in [0.1, 0.15) is 0 Å². The van der Waals surface area contributed by atoms with Crippen LogP contribution in [0.2, 0.25) is 0 Å². The van der Waals surface area contributed by atoms with Gasteiger partial charge in [0.05, 0.1) is 12.6 Å². The van der Waals surface area contributed by atoms with E-state index in [1.807, 2.05) is 67.6 Å². The fourth-order valence-corrected chi connectivity index (χ4v) is 2.46. The van der Waals surface area contributed by atoms with Crippen LogP contribution >= 0.6 is 0 Å². The lowest BCUT2D eigenvalue weighted by atomic mass is 10.0. The predicted octanol–water partition coefficient (Wildman–Crippen LogP) is 2.70. The minimum Gasteiger partial charge on any atom is -0.480 e. The van der Waals surface area contributed by atoms with E-state index in [2.05, 4.69) is 0 Å². The number of nitrogens with zero attached hydrogens (tertiary/aromatic N) is 1. The van der Waals surface area contributed by atoms with Gasteiger partial charge in [0.25, 0.3) is 0 Å². The van der Waals surface area contributed by atoms with E-state index in [-0.39, 0.29) is 12.6 Å². The van der Waals surface area contributed by atoms with Crippen LogP contribution in [0.1, 0.15) is 24.2 Å². The number of aliphatic hydroxyl groups is 1. The van der Waals surface area contributed by atoms with Gasteiger partial charge in [-0.15, -0.1) is 0 Å². The highest BCUT2D eigenvalue weighted by Crippen LogP contribution is 2.22. The summed E-state index contributed by atoms with van der Waals surface area (Å²) in [5.41, 5.74) is 1.81. The summed E-state index contributed by atoms with van der Waals surface area (Å²) in [6, 6.07) is 18.7. The minimum absolute atomic E-state index is 0.111. The van der Waals surface area contributed by atoms with E-state index in [9.17, 15) is 9.90 Å². The molecule has 0 saturated carbocycles. The van der Waals surface area contributed by atoms with Crippen LogP contribution in [0.25, 0.3) is 0 Å². The molecule has 4 heteroatoms. The smallest absolute Gasteiger partial charge is 0.317 e. The van der Waals surface area contributed by atoms with E-state index in [0.717, 1.165) is 11.1 Å². The Kier molecular flexibility index (Phi) is 5.69. The molecule has 0 aliphatic carbocycles. The number of carboxylic acid groups (broad SMARTS) is 1. The summed E-state index contributed by atoms with van der Waals surface area (Å²) in [5, 5.41) is 19.7. The first-order valence-corrected chi connectivity index (χ1v) is 7.30. The molecule has 0 spiro atoms. The van der Waals surface area contributed by atoms with Crippen molar-refractivity contribution in [2.45, 2.75) is 25.6 Å². The highest BCUT2D eigenvalue weighted by atomic mass is 16.4. The standard InChI is InChI=1S/C18H21NO3/c1-14(18(22)16-10-6-3-7-11-16)19(13-17(20)21)12-15-8-4-2-5-9-15/h2-11,14,18,22H,12-13H2,1H3,(H,20,21)/t14-,18-/m0/s1. The molecule has 0 unspecified atom stereocenters. The maximum Gasteiger partial charge on any atom is 0.317 e. The molecule has 2 rings (SSSR count). The van der Waals surface area contributed by atoms with Crippen LogP contribution in [0, 0.1) is 0 Å². The van der Waals surface area contributed by atoms with Crippen molar-refractivity contribution in [3.05, 3.63) is 71.8 Å². The Balaban J connectivity index is 2.15. The van der Waals surface area contributed by atoms with E-state index >= 15 is 0 Å². The van der Waals surface area contributed by atoms with Crippen molar-refractivity contribution in [3.8, 4) is 0 Å². The van der Waals surface area contributed by atoms with Crippen molar-refractivity contribution in [3.63, 3.8) is 0 Å². The van der Waals surface area contributed by atoms with Crippen molar-refractivity contribution in [1.29, 1.82) is 0 Å². The molecule has 0 aliphatic rings. The van der Waals surface area contributed by atoms with Gasteiger partial charge in [-0.05, 0) is 18.1 Å². The fourth-order valence-electron chi connectivity index (χ4n) is 2.46. The summed E-state index contributed by atoms with van der Waals surface area (Å²) in [4.78, 5) is 12.9. The van der Waals surface area contributed by atoms with E-state index in [1.165, 1.54) is 0 Å². The number of hydrogen-bond acceptors (Lipinski definition) is 3. The summed E-state index contributed by atoms with van der Waals surface area (Å²) < 4.78 is 0. The molecule has 22 heavy (non-hydrogen) atoms. The molecule has 0 amide bonds. The first-order chi connectivity index (χ1) is 10.6. The lowest BCUT2D eigenvalue weighted by molar-refractivity contribution is -0.139. The average Bonchev–Trinajstić information content (AvgIpc) is 2.54. The number of carboxylic acids is 1. The van der Waals surface area contributed by atoms with Crippen molar-refractivity contribution in [2.75, 3.05) is 6.54 Å². The Morgan fingerprint density at radius 3 is 2.14 bits per heavy atom. The normalized spacial score (nSPS) is 13.8. The van der Waals surface area contributed by atoms with Crippen LogP contribution in [0.3, 0.4) is 0 Å². The molecule has 0 saturated heterocycles. The molecule has 2 atom stereocenters. The van der Waals surface area contributed by atoms with Crippen LogP contribution in [0.5, 0.6) is 0 Å². The average molecular weight is 299 g/mol. The highest BCUT2D eigenvalue weighted by molar-refractivity contribution is 5.69. The van der Waals surface area contributed by atoms with Gasteiger partial charge >= 0.3 is 5.97 Å². The zero-order valence-corrected chi connectivity index (χ0v) is 12.6. The van der Waals surface area contributed by atoms with Gasteiger partial charge in [-0.1, -0.05) is 60.7 Å². The van der Waals surface area contributed by atoms with E-state index < -0.39 is 12.1 Å². The number of benzene rings is 2. The third-order valence-electron chi connectivity index (χ3n) is 3.74. The Morgan fingerprint density at radius 2 is 1.59 bits per heavy atom. The van der Waals surface area contributed by atoms with E-state index in [4.69, 9.17) is 5.11 Å². The Hall–Kier alpha value is -2.17. The molecule has 2 N–H and O–H groups in total. The SMILES string of the molecule is C[C@@H]([C@H](O)c1ccccc1)N(CC(=O)O)Cc1ccccc1. The summed E-state index contributed by atoms with van der Waals surface area (Å²) in [6.45, 7) is 2.22. The second-order valence-corrected chi connectivity index (χ2v) is 5.38. The van der Waals surface area contributed by atoms with Crippen molar-refractivity contribution in [2.24, 2.45) is 0 Å². The molecule has 0 heterocycles. The maximum atomic E-state index is 11.1. The minimum atomic E-state index is -0.900. The Bertz CT molecular complexity index is 586. The summed E-state index contributed by atoms with van der Waals surface area (Å²) in [6.07, 6.45) is -0.732. The molecule has 2 aromatic rings. The summed E-state index contributed by atoms with van der Waals surface area (Å²) in [7, 11) is 0. The third-order valence-corrected chi connectivity index (χ3v) is 3.74. The second kappa shape index (κ2) is 7.73. The monoisotopic (exact) mass is 299 g/mol. The lowest BCUT2D eigenvalue weighted by Gasteiger charge is -2.31. The molecule has 2 aromatic carbocycles. The second-order valence-electron chi connectivity index (χ2n) is 5.38. The fraction of sp³-hybridized carbons (Fsp3) is 0.278. The van der Waals surface area contributed by atoms with Crippen molar-refractivity contribution >= 4 is 5.97 Å². The zero-order chi connectivity index (χ0) is 15.9. The van der Waals surface area contributed by atoms with Gasteiger partial charge in [-0.3, -0.25) is 9.69 Å². The van der Waals surface area contributed by atoms with Crippen LogP contribution in [0.15, 0.2) is 60.7 Å². The van der Waals surface area contributed by atoms with Gasteiger partial charge in [0.15, 0.2) is 0 Å². The molecule has 116 valence electrons. The molecule has 0 bridgehead atoms. The molecule has 0 fully saturated rings. The summed E-state index contributed by atoms with van der Waals surface area (Å²) >= 11 is 0. The van der Waals surface area contributed by atoms with Crippen LogP contribution in [0.4, 0.5) is 0 Å². The van der Waals surface area contributed by atoms with Crippen molar-refractivity contribution < 1.29 is 15.0 Å². The lowest BCUT2D eigenvalue weighted by Crippen LogP contribution is -2.40. The van der Waals surface area contributed by atoms with Crippen LogP contribution < -0.4 is 0 Å². The molecule has 4 nitrogen and oxygen atoms in total. The van der Waals surface area contributed by atoms with E-state index in [1.54, 1.807) is 4.90 Å². The molecule has 0 aromatic heterocycles. The quantitative estimate of drug-likeness (QED) is 0.825. The van der Waals surface area contributed by atoms with Gasteiger partial charge in [0, 0.05) is 12.6 Å². The number of carbonyl (C=O) groups is 1. The largest absolute Gasteiger partial charge is 0.480 e. The van der Waals surface area contributed by atoms with Gasteiger partial charge in [0.2, 0.25) is 0 Å². The number of aliphatic carboxylic acids is 1. The molecular weight excluding hydrogens is 278 g/mol. The predicted molar refractivity (Wildman–Crippen MR) is 85.4 cm³/mol. The highest BCUT2D eigenvalue weighted by Gasteiger charge is 2.24. The number of rotatable bonds is 7. The number of aliphatic hydroxyl groups excluding tert-OH is 1. The Labute approximate surface area is 130 Å². The van der Waals surface area contributed by atoms with E-state index in [0.29, 0.717) is 6.54 Å². The topological polar surface area (TPSA) is 60.8 Å². The third kappa shape index (κ3) is 4.41. The molecule has 0 radical (unpaired) electrons. The Morgan fingerprint density at radius 1 is 1.05 bits per heavy atom.